The summed E-state index contributed by atoms with van der Waals surface area (Å²) >= 11 is 6.22. The van der Waals surface area contributed by atoms with Crippen LogP contribution < -0.4 is 15.5 Å². The molecule has 5 nitrogen and oxygen atoms in total. The molecule has 0 aliphatic heterocycles. The molecule has 6 heteroatoms. The number of para-hydroxylation sites is 2. The summed E-state index contributed by atoms with van der Waals surface area (Å²) in [5.74, 6) is 0.367. The van der Waals surface area contributed by atoms with Crippen molar-refractivity contribution in [3.63, 3.8) is 0 Å². The first-order valence-corrected chi connectivity index (χ1v) is 9.10. The van der Waals surface area contributed by atoms with Crippen molar-refractivity contribution in [3.8, 4) is 5.75 Å². The van der Waals surface area contributed by atoms with Gasteiger partial charge in [-0.15, -0.1) is 0 Å². The van der Waals surface area contributed by atoms with E-state index in [0.717, 1.165) is 0 Å². The Morgan fingerprint density at radius 3 is 2.18 bits per heavy atom. The summed E-state index contributed by atoms with van der Waals surface area (Å²) in [5.41, 5.74) is 1.88. The summed E-state index contributed by atoms with van der Waals surface area (Å²) in [4.78, 5) is 25.5. The summed E-state index contributed by atoms with van der Waals surface area (Å²) in [6.07, 6.45) is 0. The molecule has 0 radical (unpaired) electrons. The van der Waals surface area contributed by atoms with Crippen LogP contribution in [-0.2, 0) is 11.3 Å². The Hall–Kier alpha value is -3.31. The molecule has 4 aromatic rings. The molecule has 3 aromatic carbocycles. The van der Waals surface area contributed by atoms with E-state index in [1.165, 1.54) is 0 Å². The summed E-state index contributed by atoms with van der Waals surface area (Å²) in [5, 5.41) is 4.38. The van der Waals surface area contributed by atoms with Crippen LogP contribution in [0.15, 0.2) is 71.5 Å². The lowest BCUT2D eigenvalue weighted by molar-refractivity contribution is -0.116. The summed E-state index contributed by atoms with van der Waals surface area (Å²) in [7, 11) is 1.55. The molecule has 0 bridgehead atoms. The number of ether oxygens (including phenoxy) is 1. The fourth-order valence-electron chi connectivity index (χ4n) is 3.30. The molecule has 4 rings (SSSR count). The van der Waals surface area contributed by atoms with Gasteiger partial charge in [0, 0.05) is 16.8 Å². The Bertz CT molecular complexity index is 1200. The Morgan fingerprint density at radius 1 is 1.00 bits per heavy atom. The number of aromatic nitrogens is 1. The molecule has 1 aromatic heterocycles. The lowest BCUT2D eigenvalue weighted by Crippen LogP contribution is -2.21. The van der Waals surface area contributed by atoms with Crippen molar-refractivity contribution < 1.29 is 9.53 Å². The number of benzene rings is 3. The summed E-state index contributed by atoms with van der Waals surface area (Å²) < 4.78 is 6.97. The maximum absolute atomic E-state index is 12.8. The largest absolute Gasteiger partial charge is 0.497 e. The van der Waals surface area contributed by atoms with Crippen molar-refractivity contribution in [2.75, 3.05) is 12.4 Å². The standard InChI is InChI=1S/C22H17ClN2O3/c1-28-14-10-11-18(17(23)12-14)24-21(26)13-25-19-8-4-2-6-15(19)22(27)16-7-3-5-9-20(16)25/h2-12H,13H2,1H3,(H,24,26). The number of amides is 1. The van der Waals surface area contributed by atoms with Gasteiger partial charge in [-0.05, 0) is 36.4 Å². The third kappa shape index (κ3) is 3.21. The Balaban J connectivity index is 1.76. The number of hydrogen-bond acceptors (Lipinski definition) is 3. The van der Waals surface area contributed by atoms with Crippen LogP contribution in [0.5, 0.6) is 5.75 Å². The summed E-state index contributed by atoms with van der Waals surface area (Å²) in [6.45, 7) is 0.0453. The van der Waals surface area contributed by atoms with E-state index in [0.29, 0.717) is 38.3 Å². The fraction of sp³-hybridized carbons (Fsp3) is 0.0909. The molecule has 1 amide bonds. The molecular formula is C22H17ClN2O3. The van der Waals surface area contributed by atoms with E-state index in [1.807, 2.05) is 41.0 Å². The first kappa shape index (κ1) is 18.1. The van der Waals surface area contributed by atoms with Gasteiger partial charge in [-0.3, -0.25) is 9.59 Å². The van der Waals surface area contributed by atoms with E-state index < -0.39 is 0 Å². The van der Waals surface area contributed by atoms with Crippen molar-refractivity contribution in [1.29, 1.82) is 0 Å². The van der Waals surface area contributed by atoms with Crippen LogP contribution in [0.1, 0.15) is 0 Å². The van der Waals surface area contributed by atoms with Gasteiger partial charge in [-0.1, -0.05) is 35.9 Å². The van der Waals surface area contributed by atoms with Crippen LogP contribution in [0.25, 0.3) is 21.8 Å². The van der Waals surface area contributed by atoms with E-state index >= 15 is 0 Å². The topological polar surface area (TPSA) is 60.3 Å². The molecule has 0 fully saturated rings. The van der Waals surface area contributed by atoms with Crippen molar-refractivity contribution in [3.05, 3.63) is 82.0 Å². The molecule has 0 spiro atoms. The zero-order valence-corrected chi connectivity index (χ0v) is 15.9. The number of methoxy groups -OCH3 is 1. The second kappa shape index (κ2) is 7.37. The van der Waals surface area contributed by atoms with Gasteiger partial charge in [0.25, 0.3) is 0 Å². The predicted molar refractivity (Wildman–Crippen MR) is 112 cm³/mol. The second-order valence-corrected chi connectivity index (χ2v) is 6.75. The number of nitrogens with zero attached hydrogens (tertiary/aromatic N) is 1. The normalized spacial score (nSPS) is 10.9. The average Bonchev–Trinajstić information content (AvgIpc) is 2.72. The van der Waals surface area contributed by atoms with Gasteiger partial charge >= 0.3 is 0 Å². The molecule has 1 heterocycles. The minimum absolute atomic E-state index is 0.0407. The molecule has 0 unspecified atom stereocenters. The SMILES string of the molecule is COc1ccc(NC(=O)Cn2c3ccccc3c(=O)c3ccccc32)c(Cl)c1. The predicted octanol–water partition coefficient (Wildman–Crippen LogP) is 4.46. The molecule has 1 N–H and O–H groups in total. The van der Waals surface area contributed by atoms with Crippen LogP contribution in [0.4, 0.5) is 5.69 Å². The third-order valence-electron chi connectivity index (χ3n) is 4.63. The zero-order valence-electron chi connectivity index (χ0n) is 15.1. The molecule has 0 atom stereocenters. The summed E-state index contributed by atoms with van der Waals surface area (Å²) in [6, 6.07) is 19.6. The molecule has 140 valence electrons. The number of carbonyl (C=O) groups excluding carboxylic acids is 1. The van der Waals surface area contributed by atoms with E-state index in [9.17, 15) is 9.59 Å². The van der Waals surface area contributed by atoms with Crippen LogP contribution in [-0.4, -0.2) is 17.6 Å². The van der Waals surface area contributed by atoms with Crippen LogP contribution in [0.2, 0.25) is 5.02 Å². The highest BCUT2D eigenvalue weighted by molar-refractivity contribution is 6.33. The van der Waals surface area contributed by atoms with Crippen molar-refractivity contribution >= 4 is 45.0 Å². The molecule has 0 aliphatic carbocycles. The zero-order chi connectivity index (χ0) is 19.7. The number of nitrogens with one attached hydrogen (secondary N) is 1. The van der Waals surface area contributed by atoms with Gasteiger partial charge in [0.1, 0.15) is 12.3 Å². The minimum atomic E-state index is -0.244. The first-order valence-electron chi connectivity index (χ1n) is 8.72. The smallest absolute Gasteiger partial charge is 0.244 e. The third-order valence-corrected chi connectivity index (χ3v) is 4.94. The Kier molecular flexibility index (Phi) is 4.75. The second-order valence-electron chi connectivity index (χ2n) is 6.34. The van der Waals surface area contributed by atoms with E-state index in [2.05, 4.69) is 5.32 Å². The molecule has 0 saturated carbocycles. The van der Waals surface area contributed by atoms with Crippen LogP contribution in [0.3, 0.4) is 0 Å². The van der Waals surface area contributed by atoms with E-state index in [-0.39, 0.29) is 17.9 Å². The van der Waals surface area contributed by atoms with Gasteiger partial charge in [0.15, 0.2) is 5.43 Å². The number of halogens is 1. The van der Waals surface area contributed by atoms with Crippen molar-refractivity contribution in [2.45, 2.75) is 6.54 Å². The maximum Gasteiger partial charge on any atom is 0.244 e. The monoisotopic (exact) mass is 392 g/mol. The average molecular weight is 393 g/mol. The Morgan fingerprint density at radius 2 is 1.61 bits per heavy atom. The van der Waals surface area contributed by atoms with E-state index in [1.54, 1.807) is 37.4 Å². The van der Waals surface area contributed by atoms with Gasteiger partial charge in [0.2, 0.25) is 5.91 Å². The highest BCUT2D eigenvalue weighted by atomic mass is 35.5. The molecule has 0 aliphatic rings. The number of hydrogen-bond donors (Lipinski definition) is 1. The lowest BCUT2D eigenvalue weighted by Gasteiger charge is -2.15. The number of anilines is 1. The van der Waals surface area contributed by atoms with Gasteiger partial charge in [-0.2, -0.15) is 0 Å². The number of pyridine rings is 1. The molecular weight excluding hydrogens is 376 g/mol. The van der Waals surface area contributed by atoms with E-state index in [4.69, 9.17) is 16.3 Å². The van der Waals surface area contributed by atoms with Crippen LogP contribution in [0, 0.1) is 0 Å². The lowest BCUT2D eigenvalue weighted by atomic mass is 10.1. The van der Waals surface area contributed by atoms with Gasteiger partial charge < -0.3 is 14.6 Å². The number of carbonyl (C=O) groups is 1. The first-order chi connectivity index (χ1) is 13.6. The highest BCUT2D eigenvalue weighted by Crippen LogP contribution is 2.27. The Labute approximate surface area is 166 Å². The molecule has 0 saturated heterocycles. The number of fused-ring (bicyclic) bond motifs is 2. The van der Waals surface area contributed by atoms with Crippen molar-refractivity contribution in [1.82, 2.24) is 4.57 Å². The van der Waals surface area contributed by atoms with Gasteiger partial charge in [-0.25, -0.2) is 0 Å². The quantitative estimate of drug-likeness (QED) is 0.522. The van der Waals surface area contributed by atoms with Crippen LogP contribution >= 0.6 is 11.6 Å². The van der Waals surface area contributed by atoms with Gasteiger partial charge in [0.05, 0.1) is 28.9 Å². The number of rotatable bonds is 4. The van der Waals surface area contributed by atoms with Crippen molar-refractivity contribution in [2.24, 2.45) is 0 Å². The fourth-order valence-corrected chi connectivity index (χ4v) is 3.52. The maximum atomic E-state index is 12.8. The highest BCUT2D eigenvalue weighted by Gasteiger charge is 2.14. The minimum Gasteiger partial charge on any atom is -0.497 e. The molecule has 28 heavy (non-hydrogen) atoms.